The molecule has 0 bridgehead atoms. The van der Waals surface area contributed by atoms with E-state index in [1.165, 1.54) is 0 Å². The number of esters is 1. The Balaban J connectivity index is 3.13. The lowest BCUT2D eigenvalue weighted by Crippen LogP contribution is -2.20. The van der Waals surface area contributed by atoms with Crippen molar-refractivity contribution < 1.29 is 14.6 Å². The van der Waals surface area contributed by atoms with Gasteiger partial charge in [-0.3, -0.25) is 4.79 Å². The summed E-state index contributed by atoms with van der Waals surface area (Å²) in [6.07, 6.45) is 1.00. The zero-order valence-corrected chi connectivity index (χ0v) is 6.90. The fraction of sp³-hybridized carbons (Fsp3) is 0.286. The van der Waals surface area contributed by atoms with Crippen molar-refractivity contribution in [1.82, 2.24) is 9.97 Å². The van der Waals surface area contributed by atoms with Gasteiger partial charge >= 0.3 is 5.97 Å². The SMILES string of the molecule is CCOC(=O)c1c(O)nc[nH]c1=O. The van der Waals surface area contributed by atoms with E-state index in [-0.39, 0.29) is 6.61 Å². The Labute approximate surface area is 73.2 Å². The molecule has 0 radical (unpaired) electrons. The fourth-order valence-electron chi connectivity index (χ4n) is 0.778. The minimum atomic E-state index is -0.880. The summed E-state index contributed by atoms with van der Waals surface area (Å²) < 4.78 is 4.53. The van der Waals surface area contributed by atoms with Crippen LogP contribution in [0.1, 0.15) is 17.3 Å². The number of carbonyl (C=O) groups excluding carboxylic acids is 1. The molecule has 0 saturated heterocycles. The summed E-state index contributed by atoms with van der Waals surface area (Å²) in [5.74, 6) is -1.50. The molecule has 0 aliphatic carbocycles. The second kappa shape index (κ2) is 3.70. The Bertz CT molecular complexity index is 371. The van der Waals surface area contributed by atoms with Crippen LogP contribution in [0.15, 0.2) is 11.1 Å². The van der Waals surface area contributed by atoms with Crippen molar-refractivity contribution in [2.45, 2.75) is 6.92 Å². The van der Waals surface area contributed by atoms with Gasteiger partial charge in [-0.1, -0.05) is 0 Å². The highest BCUT2D eigenvalue weighted by atomic mass is 16.5. The minimum absolute atomic E-state index is 0.132. The highest BCUT2D eigenvalue weighted by Crippen LogP contribution is 2.07. The topological polar surface area (TPSA) is 92.3 Å². The molecule has 0 fully saturated rings. The van der Waals surface area contributed by atoms with Crippen molar-refractivity contribution in [3.63, 3.8) is 0 Å². The maximum Gasteiger partial charge on any atom is 0.349 e. The lowest BCUT2D eigenvalue weighted by Gasteiger charge is -2.00. The lowest BCUT2D eigenvalue weighted by molar-refractivity contribution is 0.0520. The molecule has 1 heterocycles. The van der Waals surface area contributed by atoms with E-state index >= 15 is 0 Å². The molecule has 1 aromatic heterocycles. The third-order valence-electron chi connectivity index (χ3n) is 1.31. The minimum Gasteiger partial charge on any atom is -0.492 e. The van der Waals surface area contributed by atoms with Crippen LogP contribution in [0.2, 0.25) is 0 Å². The second-order valence-electron chi connectivity index (χ2n) is 2.15. The van der Waals surface area contributed by atoms with Crippen LogP contribution in [0.25, 0.3) is 0 Å². The molecule has 1 aromatic rings. The first kappa shape index (κ1) is 9.24. The summed E-state index contributed by atoms with van der Waals surface area (Å²) in [7, 11) is 0. The Kier molecular flexibility index (Phi) is 2.63. The number of ether oxygens (including phenoxy) is 1. The molecule has 6 heteroatoms. The largest absolute Gasteiger partial charge is 0.492 e. The number of rotatable bonds is 2. The van der Waals surface area contributed by atoms with Crippen molar-refractivity contribution in [2.75, 3.05) is 6.61 Å². The van der Waals surface area contributed by atoms with Crippen LogP contribution in [-0.2, 0) is 4.74 Å². The third-order valence-corrected chi connectivity index (χ3v) is 1.31. The van der Waals surface area contributed by atoms with Crippen molar-refractivity contribution >= 4 is 5.97 Å². The van der Waals surface area contributed by atoms with E-state index in [0.717, 1.165) is 6.33 Å². The molecule has 70 valence electrons. The van der Waals surface area contributed by atoms with E-state index in [1.54, 1.807) is 6.92 Å². The van der Waals surface area contributed by atoms with E-state index in [9.17, 15) is 9.59 Å². The molecular weight excluding hydrogens is 176 g/mol. The maximum absolute atomic E-state index is 11.0. The summed E-state index contributed by atoms with van der Waals surface area (Å²) >= 11 is 0. The number of hydrogen-bond donors (Lipinski definition) is 2. The molecule has 0 aromatic carbocycles. The van der Waals surface area contributed by atoms with Crippen molar-refractivity contribution in [2.24, 2.45) is 0 Å². The predicted octanol–water partition coefficient (Wildman–Crippen LogP) is -0.348. The van der Waals surface area contributed by atoms with E-state index in [4.69, 9.17) is 5.11 Å². The first-order valence-electron chi connectivity index (χ1n) is 3.60. The number of aromatic amines is 1. The molecule has 2 N–H and O–H groups in total. The standard InChI is InChI=1S/C7H8N2O4/c1-2-13-7(12)4-5(10)8-3-9-6(4)11/h3H,2H2,1H3,(H2,8,9,10,11). The van der Waals surface area contributed by atoms with E-state index in [1.807, 2.05) is 0 Å². The van der Waals surface area contributed by atoms with Crippen molar-refractivity contribution in [1.29, 1.82) is 0 Å². The molecule has 0 aliphatic rings. The zero-order valence-electron chi connectivity index (χ0n) is 6.90. The van der Waals surface area contributed by atoms with E-state index in [2.05, 4.69) is 14.7 Å². The molecule has 6 nitrogen and oxygen atoms in total. The zero-order chi connectivity index (χ0) is 9.84. The Morgan fingerprint density at radius 2 is 2.46 bits per heavy atom. The Hall–Kier alpha value is -1.85. The van der Waals surface area contributed by atoms with Crippen molar-refractivity contribution in [3.8, 4) is 5.88 Å². The average molecular weight is 184 g/mol. The summed E-state index contributed by atoms with van der Waals surface area (Å²) in [5.41, 5.74) is -1.18. The smallest absolute Gasteiger partial charge is 0.349 e. The summed E-state index contributed by atoms with van der Waals surface area (Å²) in [4.78, 5) is 27.5. The monoisotopic (exact) mass is 184 g/mol. The molecule has 0 spiro atoms. The number of hydrogen-bond acceptors (Lipinski definition) is 5. The van der Waals surface area contributed by atoms with E-state index < -0.39 is 23.0 Å². The van der Waals surface area contributed by atoms with Crippen LogP contribution in [0.5, 0.6) is 5.88 Å². The van der Waals surface area contributed by atoms with E-state index in [0.29, 0.717) is 0 Å². The molecule has 0 saturated carbocycles. The molecule has 0 aliphatic heterocycles. The van der Waals surface area contributed by atoms with Gasteiger partial charge < -0.3 is 14.8 Å². The summed E-state index contributed by atoms with van der Waals surface area (Å²) in [5, 5.41) is 9.06. The number of aromatic nitrogens is 2. The van der Waals surface area contributed by atoms with Gasteiger partial charge in [-0.15, -0.1) is 0 Å². The van der Waals surface area contributed by atoms with Crippen LogP contribution in [0, 0.1) is 0 Å². The van der Waals surface area contributed by atoms with Gasteiger partial charge in [0, 0.05) is 0 Å². The van der Waals surface area contributed by atoms with Crippen LogP contribution < -0.4 is 5.56 Å². The quantitative estimate of drug-likeness (QED) is 0.613. The molecule has 0 atom stereocenters. The molecule has 1 rings (SSSR count). The average Bonchev–Trinajstić information content (AvgIpc) is 2.04. The van der Waals surface area contributed by atoms with Gasteiger partial charge in [-0.05, 0) is 6.92 Å². The van der Waals surface area contributed by atoms with Gasteiger partial charge in [-0.2, -0.15) is 0 Å². The van der Waals surface area contributed by atoms with Gasteiger partial charge in [0.1, 0.15) is 0 Å². The predicted molar refractivity (Wildman–Crippen MR) is 42.5 cm³/mol. The first-order valence-corrected chi connectivity index (χ1v) is 3.60. The highest BCUT2D eigenvalue weighted by molar-refractivity contribution is 5.91. The van der Waals surface area contributed by atoms with Crippen LogP contribution in [0.4, 0.5) is 0 Å². The van der Waals surface area contributed by atoms with Crippen LogP contribution in [0.3, 0.4) is 0 Å². The number of aromatic hydroxyl groups is 1. The second-order valence-corrected chi connectivity index (χ2v) is 2.15. The lowest BCUT2D eigenvalue weighted by atomic mass is 10.3. The maximum atomic E-state index is 11.0. The Morgan fingerprint density at radius 3 is 3.00 bits per heavy atom. The number of nitrogens with zero attached hydrogens (tertiary/aromatic N) is 1. The normalized spacial score (nSPS) is 9.62. The molecular formula is C7H8N2O4. The molecule has 0 amide bonds. The number of H-pyrrole nitrogens is 1. The van der Waals surface area contributed by atoms with Gasteiger partial charge in [0.25, 0.3) is 5.56 Å². The highest BCUT2D eigenvalue weighted by Gasteiger charge is 2.17. The number of carbonyl (C=O) groups is 1. The molecule has 0 unspecified atom stereocenters. The van der Waals surface area contributed by atoms with Gasteiger partial charge in [0.05, 0.1) is 12.9 Å². The third kappa shape index (κ3) is 1.84. The first-order chi connectivity index (χ1) is 6.16. The summed E-state index contributed by atoms with van der Waals surface area (Å²) in [6, 6.07) is 0. The van der Waals surface area contributed by atoms with Crippen molar-refractivity contribution in [3.05, 3.63) is 22.2 Å². The van der Waals surface area contributed by atoms with Crippen LogP contribution in [-0.4, -0.2) is 27.7 Å². The van der Waals surface area contributed by atoms with Gasteiger partial charge in [0.2, 0.25) is 5.88 Å². The summed E-state index contributed by atoms with van der Waals surface area (Å²) in [6.45, 7) is 1.73. The number of nitrogens with one attached hydrogen (secondary N) is 1. The Morgan fingerprint density at radius 1 is 1.77 bits per heavy atom. The fourth-order valence-corrected chi connectivity index (χ4v) is 0.778. The van der Waals surface area contributed by atoms with Crippen LogP contribution >= 0.6 is 0 Å². The van der Waals surface area contributed by atoms with Gasteiger partial charge in [-0.25, -0.2) is 9.78 Å². The van der Waals surface area contributed by atoms with Gasteiger partial charge in [0.15, 0.2) is 5.56 Å². The molecule has 13 heavy (non-hydrogen) atoms.